The molecule has 1 aromatic rings. The summed E-state index contributed by atoms with van der Waals surface area (Å²) in [6.07, 6.45) is 3.83. The van der Waals surface area contributed by atoms with E-state index >= 15 is 0 Å². The van der Waals surface area contributed by atoms with Crippen molar-refractivity contribution in [2.24, 2.45) is 0 Å². The van der Waals surface area contributed by atoms with Gasteiger partial charge in [0, 0.05) is 6.04 Å². The molecule has 1 aliphatic rings. The van der Waals surface area contributed by atoms with Crippen molar-refractivity contribution in [3.8, 4) is 6.07 Å². The fourth-order valence-corrected chi connectivity index (χ4v) is 1.85. The van der Waals surface area contributed by atoms with Crippen molar-refractivity contribution in [2.75, 3.05) is 12.8 Å². The summed E-state index contributed by atoms with van der Waals surface area (Å²) in [7, 11) is 0. The van der Waals surface area contributed by atoms with Crippen LogP contribution in [-0.4, -0.2) is 12.8 Å². The molecule has 0 radical (unpaired) electrons. The molecule has 1 fully saturated rings. The first kappa shape index (κ1) is 21.3. The van der Waals surface area contributed by atoms with E-state index < -0.39 is 0 Å². The second kappa shape index (κ2) is 14.4. The van der Waals surface area contributed by atoms with Crippen molar-refractivity contribution in [1.82, 2.24) is 5.32 Å². The zero-order chi connectivity index (χ0) is 16.0. The molecule has 2 rings (SSSR count). The van der Waals surface area contributed by atoms with Gasteiger partial charge in [-0.3, -0.25) is 0 Å². The van der Waals surface area contributed by atoms with E-state index in [2.05, 4.69) is 17.9 Å². The van der Waals surface area contributed by atoms with E-state index in [0.717, 1.165) is 24.9 Å². The van der Waals surface area contributed by atoms with E-state index in [1.165, 1.54) is 12.1 Å². The van der Waals surface area contributed by atoms with Gasteiger partial charge < -0.3 is 5.32 Å². The first-order valence-corrected chi connectivity index (χ1v) is 8.08. The summed E-state index contributed by atoms with van der Waals surface area (Å²) in [5.74, 6) is -0.326. The van der Waals surface area contributed by atoms with Crippen molar-refractivity contribution in [3.05, 3.63) is 35.1 Å². The standard InChI is InChI=1S/C11H11FN2.2C2H6.CH4S/c12-10-5-8(7-13)4-9(6-10)11-2-1-3-14-11;3*1-2/h4-6,11,14H,1-3H2;2*1-2H3;2H,1H3. The van der Waals surface area contributed by atoms with E-state index in [-0.39, 0.29) is 11.9 Å². The van der Waals surface area contributed by atoms with Crippen LogP contribution in [0.1, 0.15) is 57.7 Å². The molecule has 1 aliphatic heterocycles. The molecule has 0 aliphatic carbocycles. The molecule has 1 atom stereocenters. The minimum Gasteiger partial charge on any atom is -0.310 e. The molecule has 114 valence electrons. The number of benzene rings is 1. The third kappa shape index (κ3) is 7.52. The van der Waals surface area contributed by atoms with E-state index in [4.69, 9.17) is 5.26 Å². The third-order valence-corrected chi connectivity index (χ3v) is 2.51. The molecule has 0 amide bonds. The Morgan fingerprint density at radius 1 is 1.20 bits per heavy atom. The van der Waals surface area contributed by atoms with E-state index in [0.29, 0.717) is 5.56 Å². The molecule has 1 N–H and O–H groups in total. The lowest BCUT2D eigenvalue weighted by molar-refractivity contribution is 0.606. The van der Waals surface area contributed by atoms with Crippen LogP contribution in [0.2, 0.25) is 0 Å². The minimum absolute atomic E-state index is 0.220. The van der Waals surface area contributed by atoms with Gasteiger partial charge in [-0.25, -0.2) is 4.39 Å². The van der Waals surface area contributed by atoms with Crippen LogP contribution in [0.5, 0.6) is 0 Å². The highest BCUT2D eigenvalue weighted by Crippen LogP contribution is 2.24. The number of hydrogen-bond acceptors (Lipinski definition) is 3. The van der Waals surface area contributed by atoms with Gasteiger partial charge in [-0.15, -0.1) is 0 Å². The Hall–Kier alpha value is -1.05. The van der Waals surface area contributed by atoms with Crippen LogP contribution < -0.4 is 5.32 Å². The number of halogens is 1. The van der Waals surface area contributed by atoms with Gasteiger partial charge in [0.25, 0.3) is 0 Å². The van der Waals surface area contributed by atoms with Gasteiger partial charge in [-0.1, -0.05) is 27.7 Å². The summed E-state index contributed by atoms with van der Waals surface area (Å²) in [5, 5.41) is 12.0. The van der Waals surface area contributed by atoms with Crippen LogP contribution >= 0.6 is 12.6 Å². The summed E-state index contributed by atoms with van der Waals surface area (Å²) < 4.78 is 13.1. The second-order valence-corrected chi connectivity index (χ2v) is 3.53. The molecule has 4 heteroatoms. The van der Waals surface area contributed by atoms with Gasteiger partial charge in [0.2, 0.25) is 0 Å². The SMILES string of the molecule is CC.CC.CS.N#Cc1cc(F)cc(C2CCCN2)c1. The molecule has 1 unspecified atom stereocenters. The summed E-state index contributed by atoms with van der Waals surface area (Å²) in [6.45, 7) is 8.98. The zero-order valence-corrected chi connectivity index (χ0v) is 14.1. The van der Waals surface area contributed by atoms with E-state index in [1.54, 1.807) is 12.3 Å². The lowest BCUT2D eigenvalue weighted by Gasteiger charge is -2.10. The van der Waals surface area contributed by atoms with Gasteiger partial charge in [-0.05, 0) is 49.4 Å². The number of nitriles is 1. The molecule has 0 bridgehead atoms. The molecule has 0 saturated carbocycles. The van der Waals surface area contributed by atoms with Gasteiger partial charge in [-0.2, -0.15) is 17.9 Å². The fourth-order valence-electron chi connectivity index (χ4n) is 1.85. The Kier molecular flexibility index (Phi) is 15.3. The topological polar surface area (TPSA) is 35.8 Å². The van der Waals surface area contributed by atoms with Gasteiger partial charge >= 0.3 is 0 Å². The molecular weight excluding hydrogens is 271 g/mol. The Labute approximate surface area is 128 Å². The van der Waals surface area contributed by atoms with Crippen LogP contribution in [0.3, 0.4) is 0 Å². The largest absolute Gasteiger partial charge is 0.310 e. The number of rotatable bonds is 1. The number of nitrogens with zero attached hydrogens (tertiary/aromatic N) is 1. The average Bonchev–Trinajstić information content (AvgIpc) is 3.07. The Morgan fingerprint density at radius 3 is 2.25 bits per heavy atom. The maximum Gasteiger partial charge on any atom is 0.124 e. The maximum atomic E-state index is 13.1. The molecule has 2 nitrogen and oxygen atoms in total. The van der Waals surface area contributed by atoms with E-state index in [9.17, 15) is 4.39 Å². The molecule has 20 heavy (non-hydrogen) atoms. The van der Waals surface area contributed by atoms with Crippen LogP contribution in [-0.2, 0) is 0 Å². The van der Waals surface area contributed by atoms with Crippen molar-refractivity contribution in [3.63, 3.8) is 0 Å². The molecule has 1 aromatic carbocycles. The van der Waals surface area contributed by atoms with Crippen LogP contribution in [0.15, 0.2) is 18.2 Å². The van der Waals surface area contributed by atoms with Crippen molar-refractivity contribution < 1.29 is 4.39 Å². The number of thiol groups is 1. The monoisotopic (exact) mass is 298 g/mol. The lowest BCUT2D eigenvalue weighted by Crippen LogP contribution is -2.13. The Morgan fingerprint density at radius 2 is 1.80 bits per heavy atom. The first-order chi connectivity index (χ1) is 9.79. The van der Waals surface area contributed by atoms with Gasteiger partial charge in [0.05, 0.1) is 11.6 Å². The summed E-state index contributed by atoms with van der Waals surface area (Å²) in [6, 6.07) is 6.71. The quantitative estimate of drug-likeness (QED) is 0.736. The third-order valence-electron chi connectivity index (χ3n) is 2.51. The normalized spacial score (nSPS) is 15.4. The smallest absolute Gasteiger partial charge is 0.124 e. The van der Waals surface area contributed by atoms with Crippen LogP contribution in [0, 0.1) is 17.1 Å². The van der Waals surface area contributed by atoms with Crippen molar-refractivity contribution in [2.45, 2.75) is 46.6 Å². The van der Waals surface area contributed by atoms with Crippen LogP contribution in [0.4, 0.5) is 4.39 Å². The van der Waals surface area contributed by atoms with Crippen molar-refractivity contribution in [1.29, 1.82) is 5.26 Å². The Bertz CT molecular complexity index is 383. The summed E-state index contributed by atoms with van der Waals surface area (Å²) in [4.78, 5) is 0. The lowest BCUT2D eigenvalue weighted by atomic mass is 10.0. The Balaban J connectivity index is 0. The maximum absolute atomic E-state index is 13.1. The predicted molar refractivity (Wildman–Crippen MR) is 88.7 cm³/mol. The number of hydrogen-bond donors (Lipinski definition) is 2. The highest BCUT2D eigenvalue weighted by atomic mass is 32.1. The second-order valence-electron chi connectivity index (χ2n) is 3.53. The minimum atomic E-state index is -0.326. The van der Waals surface area contributed by atoms with Crippen LogP contribution in [0.25, 0.3) is 0 Å². The van der Waals surface area contributed by atoms with E-state index in [1.807, 2.05) is 33.8 Å². The van der Waals surface area contributed by atoms with Crippen molar-refractivity contribution >= 4 is 12.6 Å². The first-order valence-electron chi connectivity index (χ1n) is 7.18. The zero-order valence-electron chi connectivity index (χ0n) is 13.2. The van der Waals surface area contributed by atoms with Gasteiger partial charge in [0.1, 0.15) is 5.82 Å². The molecule has 0 spiro atoms. The summed E-state index contributed by atoms with van der Waals surface area (Å²) in [5.41, 5.74) is 1.28. The summed E-state index contributed by atoms with van der Waals surface area (Å²) >= 11 is 3.53. The number of nitrogens with one attached hydrogen (secondary N) is 1. The molecule has 1 saturated heterocycles. The fraction of sp³-hybridized carbons (Fsp3) is 0.562. The average molecular weight is 298 g/mol. The highest BCUT2D eigenvalue weighted by Gasteiger charge is 2.17. The molecule has 1 heterocycles. The predicted octanol–water partition coefficient (Wildman–Crippen LogP) is 4.72. The molecule has 0 aromatic heterocycles. The van der Waals surface area contributed by atoms with Gasteiger partial charge in [0.15, 0.2) is 0 Å². The molecular formula is C16H27FN2S. The highest BCUT2D eigenvalue weighted by molar-refractivity contribution is 7.79.